The molecule has 0 aliphatic heterocycles. The average Bonchev–Trinajstić information content (AvgIpc) is 2.46. The van der Waals surface area contributed by atoms with Gasteiger partial charge in [-0.05, 0) is 67.7 Å². The zero-order chi connectivity index (χ0) is 13.8. The van der Waals surface area contributed by atoms with Crippen LogP contribution in [0.4, 0.5) is 0 Å². The molecule has 0 aromatic carbocycles. The molecule has 19 heavy (non-hydrogen) atoms. The standard InChI is InChI=1S/C18H35N/c1-4-14-7-5-6-8-17(14)18-11-15(13(2)3)9-10-16(18)12-19/h13-18H,4-12,19H2,1-3H3. The van der Waals surface area contributed by atoms with Gasteiger partial charge in [-0.2, -0.15) is 0 Å². The summed E-state index contributed by atoms with van der Waals surface area (Å²) in [7, 11) is 0. The SMILES string of the molecule is CCC1CCCCC1C1CC(C(C)C)CCC1CN. The van der Waals surface area contributed by atoms with Gasteiger partial charge in [-0.1, -0.05) is 46.5 Å². The second kappa shape index (κ2) is 7.11. The van der Waals surface area contributed by atoms with Crippen molar-refractivity contribution in [2.75, 3.05) is 6.54 Å². The normalized spacial score (nSPS) is 40.6. The molecule has 112 valence electrons. The van der Waals surface area contributed by atoms with Gasteiger partial charge in [0.15, 0.2) is 0 Å². The molecule has 2 saturated carbocycles. The van der Waals surface area contributed by atoms with Gasteiger partial charge in [-0.3, -0.25) is 0 Å². The van der Waals surface area contributed by atoms with Crippen molar-refractivity contribution in [2.45, 2.75) is 72.1 Å². The molecule has 5 atom stereocenters. The van der Waals surface area contributed by atoms with Gasteiger partial charge in [0.05, 0.1) is 0 Å². The van der Waals surface area contributed by atoms with Crippen molar-refractivity contribution in [1.82, 2.24) is 0 Å². The molecule has 0 bridgehead atoms. The molecular formula is C18H35N. The Hall–Kier alpha value is -0.0400. The molecule has 2 N–H and O–H groups in total. The van der Waals surface area contributed by atoms with Crippen molar-refractivity contribution in [3.8, 4) is 0 Å². The Morgan fingerprint density at radius 1 is 0.947 bits per heavy atom. The zero-order valence-corrected chi connectivity index (χ0v) is 13.4. The van der Waals surface area contributed by atoms with E-state index in [-0.39, 0.29) is 0 Å². The van der Waals surface area contributed by atoms with Gasteiger partial charge in [0.25, 0.3) is 0 Å². The highest BCUT2D eigenvalue weighted by atomic mass is 14.6. The Bertz CT molecular complexity index is 260. The van der Waals surface area contributed by atoms with Gasteiger partial charge in [0, 0.05) is 0 Å². The van der Waals surface area contributed by atoms with E-state index in [4.69, 9.17) is 5.73 Å². The molecule has 0 aromatic heterocycles. The van der Waals surface area contributed by atoms with Crippen LogP contribution >= 0.6 is 0 Å². The first-order valence-electron chi connectivity index (χ1n) is 8.87. The quantitative estimate of drug-likeness (QED) is 0.772. The van der Waals surface area contributed by atoms with Crippen LogP contribution < -0.4 is 5.73 Å². The lowest BCUT2D eigenvalue weighted by molar-refractivity contribution is 0.0488. The van der Waals surface area contributed by atoms with E-state index in [0.29, 0.717) is 0 Å². The number of rotatable bonds is 4. The highest BCUT2D eigenvalue weighted by Crippen LogP contribution is 2.47. The summed E-state index contributed by atoms with van der Waals surface area (Å²) in [6.45, 7) is 8.18. The average molecular weight is 265 g/mol. The lowest BCUT2D eigenvalue weighted by Gasteiger charge is -2.45. The Balaban J connectivity index is 2.07. The molecule has 1 nitrogen and oxygen atoms in total. The fraction of sp³-hybridized carbons (Fsp3) is 1.00. The second-order valence-electron chi connectivity index (χ2n) is 7.59. The molecule has 2 rings (SSSR count). The van der Waals surface area contributed by atoms with E-state index in [0.717, 1.165) is 42.1 Å². The smallest absolute Gasteiger partial charge is 0.00461 e. The van der Waals surface area contributed by atoms with Crippen LogP contribution in [0, 0.1) is 35.5 Å². The summed E-state index contributed by atoms with van der Waals surface area (Å²) in [4.78, 5) is 0. The van der Waals surface area contributed by atoms with Crippen molar-refractivity contribution in [1.29, 1.82) is 0 Å². The Kier molecular flexibility index (Phi) is 5.74. The maximum atomic E-state index is 6.11. The minimum atomic E-state index is 0.826. The third-order valence-corrected chi connectivity index (χ3v) is 6.38. The monoisotopic (exact) mass is 265 g/mol. The van der Waals surface area contributed by atoms with Gasteiger partial charge in [-0.15, -0.1) is 0 Å². The van der Waals surface area contributed by atoms with Crippen molar-refractivity contribution in [2.24, 2.45) is 41.2 Å². The third-order valence-electron chi connectivity index (χ3n) is 6.38. The predicted molar refractivity (Wildman–Crippen MR) is 84.0 cm³/mol. The first-order chi connectivity index (χ1) is 9.17. The van der Waals surface area contributed by atoms with Gasteiger partial charge in [0.2, 0.25) is 0 Å². The van der Waals surface area contributed by atoms with Crippen molar-refractivity contribution < 1.29 is 0 Å². The first-order valence-corrected chi connectivity index (χ1v) is 8.87. The first kappa shape index (κ1) is 15.4. The van der Waals surface area contributed by atoms with Crippen LogP contribution in [0.25, 0.3) is 0 Å². The minimum Gasteiger partial charge on any atom is -0.330 e. The summed E-state index contributed by atoms with van der Waals surface area (Å²) < 4.78 is 0. The molecule has 1 heteroatoms. The van der Waals surface area contributed by atoms with Crippen LogP contribution in [-0.4, -0.2) is 6.54 Å². The highest BCUT2D eigenvalue weighted by Gasteiger charge is 2.39. The van der Waals surface area contributed by atoms with Crippen LogP contribution in [0.3, 0.4) is 0 Å². The summed E-state index contributed by atoms with van der Waals surface area (Å²) in [6, 6.07) is 0. The maximum absolute atomic E-state index is 6.11. The molecule has 0 radical (unpaired) electrons. The molecule has 0 amide bonds. The van der Waals surface area contributed by atoms with Crippen LogP contribution in [0.2, 0.25) is 0 Å². The van der Waals surface area contributed by atoms with Gasteiger partial charge >= 0.3 is 0 Å². The Labute approximate surface area is 120 Å². The summed E-state index contributed by atoms with van der Waals surface area (Å²) in [6.07, 6.45) is 11.6. The summed E-state index contributed by atoms with van der Waals surface area (Å²) >= 11 is 0. The van der Waals surface area contributed by atoms with E-state index in [1.54, 1.807) is 0 Å². The van der Waals surface area contributed by atoms with E-state index in [1.807, 2.05) is 0 Å². The summed E-state index contributed by atoms with van der Waals surface area (Å²) in [5.41, 5.74) is 6.11. The topological polar surface area (TPSA) is 26.0 Å². The second-order valence-corrected chi connectivity index (χ2v) is 7.59. The van der Waals surface area contributed by atoms with Crippen molar-refractivity contribution >= 4 is 0 Å². The number of nitrogens with two attached hydrogens (primary N) is 1. The van der Waals surface area contributed by atoms with Crippen LogP contribution in [0.15, 0.2) is 0 Å². The molecule has 2 aliphatic carbocycles. The minimum absolute atomic E-state index is 0.826. The maximum Gasteiger partial charge on any atom is -0.00461 e. The lowest BCUT2D eigenvalue weighted by Crippen LogP contribution is -2.39. The van der Waals surface area contributed by atoms with Crippen LogP contribution in [-0.2, 0) is 0 Å². The van der Waals surface area contributed by atoms with E-state index in [1.165, 1.54) is 51.4 Å². The van der Waals surface area contributed by atoms with Gasteiger partial charge < -0.3 is 5.73 Å². The number of hydrogen-bond donors (Lipinski definition) is 1. The Morgan fingerprint density at radius 2 is 1.68 bits per heavy atom. The fourth-order valence-electron chi connectivity index (χ4n) is 5.03. The zero-order valence-electron chi connectivity index (χ0n) is 13.4. The largest absolute Gasteiger partial charge is 0.330 e. The molecule has 0 heterocycles. The lowest BCUT2D eigenvalue weighted by atomic mass is 9.60. The third kappa shape index (κ3) is 3.54. The van der Waals surface area contributed by atoms with Crippen LogP contribution in [0.5, 0.6) is 0 Å². The van der Waals surface area contributed by atoms with Crippen LogP contribution in [0.1, 0.15) is 72.1 Å². The highest BCUT2D eigenvalue weighted by molar-refractivity contribution is 4.89. The molecule has 0 saturated heterocycles. The molecule has 0 aromatic rings. The molecule has 0 spiro atoms. The Morgan fingerprint density at radius 3 is 2.32 bits per heavy atom. The van der Waals surface area contributed by atoms with Crippen molar-refractivity contribution in [3.05, 3.63) is 0 Å². The molecule has 2 aliphatic rings. The molecule has 5 unspecified atom stereocenters. The summed E-state index contributed by atoms with van der Waals surface area (Å²) in [5.74, 6) is 5.59. The van der Waals surface area contributed by atoms with E-state index in [2.05, 4.69) is 20.8 Å². The number of hydrogen-bond acceptors (Lipinski definition) is 1. The van der Waals surface area contributed by atoms with Gasteiger partial charge in [0.1, 0.15) is 0 Å². The van der Waals surface area contributed by atoms with Crippen molar-refractivity contribution in [3.63, 3.8) is 0 Å². The van der Waals surface area contributed by atoms with E-state index < -0.39 is 0 Å². The van der Waals surface area contributed by atoms with E-state index >= 15 is 0 Å². The molecular weight excluding hydrogens is 230 g/mol. The fourth-order valence-corrected chi connectivity index (χ4v) is 5.03. The summed E-state index contributed by atoms with van der Waals surface area (Å²) in [5, 5.41) is 0. The molecule has 2 fully saturated rings. The predicted octanol–water partition coefficient (Wildman–Crippen LogP) is 4.85. The van der Waals surface area contributed by atoms with Gasteiger partial charge in [-0.25, -0.2) is 0 Å². The van der Waals surface area contributed by atoms with E-state index in [9.17, 15) is 0 Å².